The first-order valence-electron chi connectivity index (χ1n) is 21.7. The Morgan fingerprint density at radius 1 is 0.455 bits per heavy atom. The Bertz CT molecular complexity index is 3720. The van der Waals surface area contributed by atoms with Crippen LogP contribution in [0.5, 0.6) is 28.9 Å². The average Bonchev–Trinajstić information content (AvgIpc) is 4.14. The van der Waals surface area contributed by atoms with Gasteiger partial charge in [0.2, 0.25) is 11.9 Å². The number of rotatable bonds is 5. The Morgan fingerprint density at radius 3 is 1.60 bits per heavy atom. The summed E-state index contributed by atoms with van der Waals surface area (Å²) in [5.74, 6) is -2.51. The zero-order valence-corrected chi connectivity index (χ0v) is 52.6. The molecule has 0 aliphatic carbocycles. The van der Waals surface area contributed by atoms with Crippen molar-refractivity contribution in [1.29, 1.82) is 0 Å². The van der Waals surface area contributed by atoms with Gasteiger partial charge in [0.1, 0.15) is 28.9 Å². The third-order valence-electron chi connectivity index (χ3n) is 10.5. The molecule has 0 unspecified atom stereocenters. The van der Waals surface area contributed by atoms with E-state index in [2.05, 4.69) is 69.1 Å². The Labute approximate surface area is 497 Å². The first-order chi connectivity index (χ1) is 36.6. The minimum atomic E-state index is -1.08. The molecule has 0 bridgehead atoms. The van der Waals surface area contributed by atoms with Gasteiger partial charge >= 0.3 is 49.9 Å². The van der Waals surface area contributed by atoms with Crippen LogP contribution >= 0.6 is 34.0 Å². The van der Waals surface area contributed by atoms with Gasteiger partial charge in [-0.1, -0.05) is 12.1 Å². The first kappa shape index (κ1) is 58.5. The molecule has 0 fully saturated rings. The molecule has 13 rings (SSSR count). The van der Waals surface area contributed by atoms with Gasteiger partial charge in [-0.05, 0) is 72.8 Å². The largest absolute Gasteiger partial charge is 0.650 e. The summed E-state index contributed by atoms with van der Waals surface area (Å²) in [6, 6.07) is 28.7. The van der Waals surface area contributed by atoms with Crippen LogP contribution in [-0.4, -0.2) is 105 Å². The van der Waals surface area contributed by atoms with Crippen molar-refractivity contribution < 1.29 is 78.1 Å². The van der Waals surface area contributed by atoms with Crippen molar-refractivity contribution in [3.05, 3.63) is 182 Å². The van der Waals surface area contributed by atoms with Crippen molar-refractivity contribution >= 4 is 145 Å². The van der Waals surface area contributed by atoms with Crippen LogP contribution in [0.25, 0.3) is 83.6 Å². The monoisotopic (exact) mass is 1230 g/mol. The van der Waals surface area contributed by atoms with E-state index in [-0.39, 0.29) is 61.6 Å². The van der Waals surface area contributed by atoms with Crippen LogP contribution in [0, 0.1) is 23.5 Å². The summed E-state index contributed by atoms with van der Waals surface area (Å²) in [6.07, 6.45) is 15.0. The van der Waals surface area contributed by atoms with Crippen LogP contribution in [-0.2, 0) is 39.0 Å². The van der Waals surface area contributed by atoms with Gasteiger partial charge in [-0.15, -0.1) is 34.0 Å². The number of fused-ring (bicyclic) bond motifs is 9. The summed E-state index contributed by atoms with van der Waals surface area (Å²) in [7, 11) is 0. The van der Waals surface area contributed by atoms with E-state index in [9.17, 15) is 27.8 Å². The minimum Gasteiger partial charge on any atom is -0.650 e. The smallest absolute Gasteiger partial charge is 0.495 e. The zero-order chi connectivity index (χ0) is 52.4. The van der Waals surface area contributed by atoms with Gasteiger partial charge in [-0.2, -0.15) is 13.8 Å². The van der Waals surface area contributed by atoms with E-state index in [4.69, 9.17) is 11.4 Å². The molecular formula is C51H31Al3F4N9O5S3Zn2. The number of hydrogen-bond donors (Lipinski definition) is 2. The second-order valence-electron chi connectivity index (χ2n) is 15.1. The average molecular weight is 1230 g/mol. The molecule has 0 aliphatic heterocycles. The maximum absolute atomic E-state index is 13.3. The topological polar surface area (TPSA) is 184 Å². The summed E-state index contributed by atoms with van der Waals surface area (Å²) in [6.45, 7) is 0. The van der Waals surface area contributed by atoms with Crippen molar-refractivity contribution in [2.75, 3.05) is 0 Å². The number of benzene rings is 2. The van der Waals surface area contributed by atoms with Crippen LogP contribution < -0.4 is 11.4 Å². The van der Waals surface area contributed by atoms with Gasteiger partial charge in [-0.3, -0.25) is 24.9 Å². The first-order valence-corrected chi connectivity index (χ1v) is 25.9. The molecule has 3 radical (unpaired) electrons. The van der Waals surface area contributed by atoms with E-state index in [1.807, 2.05) is 48.8 Å². The predicted molar refractivity (Wildman–Crippen MR) is 288 cm³/mol. The van der Waals surface area contributed by atoms with Crippen molar-refractivity contribution in [2.45, 2.75) is 0 Å². The molecule has 369 valence electrons. The molecule has 26 heteroatoms. The molecule has 77 heavy (non-hydrogen) atoms. The molecule has 2 aromatic carbocycles. The van der Waals surface area contributed by atoms with Gasteiger partial charge in [0, 0.05) is 116 Å². The molecule has 11 heterocycles. The number of aromatic nitrogens is 9. The Morgan fingerprint density at radius 2 is 1.01 bits per heavy atom. The zero-order valence-electron chi connectivity index (χ0n) is 39.9. The number of phenols is 1. The molecule has 13 aromatic rings. The Balaban J connectivity index is 0.000000139. The van der Waals surface area contributed by atoms with Gasteiger partial charge in [0.05, 0.1) is 80.3 Å². The SMILES string of the molecule is Oc1cc(F)cc(F)c1-c1ncccn1.Oc1cc(F)nc(F)c1-c1ccccn1.[AlH][O]c1cccc2sc3cccnc3c12.[AlH][O]c1cncc2sc3cccnc3c12.[AlH][O]c1nccc2sc3cccnc3c12.[Zn].[Zn]. The van der Waals surface area contributed by atoms with E-state index >= 15 is 0 Å². The number of phenolic OH excluding ortho intramolecular Hbond substituents is 1. The van der Waals surface area contributed by atoms with E-state index < -0.39 is 35.0 Å². The van der Waals surface area contributed by atoms with Crippen molar-refractivity contribution in [3.63, 3.8) is 0 Å². The third-order valence-corrected chi connectivity index (χ3v) is 14.7. The van der Waals surface area contributed by atoms with Crippen molar-refractivity contribution in [3.8, 4) is 51.5 Å². The number of halogens is 4. The number of hydrogen-bond acceptors (Lipinski definition) is 17. The number of nitrogens with zero attached hydrogens (tertiary/aromatic N) is 9. The van der Waals surface area contributed by atoms with Crippen molar-refractivity contribution in [2.24, 2.45) is 0 Å². The van der Waals surface area contributed by atoms with Gasteiger partial charge < -0.3 is 21.6 Å². The molecule has 0 saturated carbocycles. The Kier molecular flexibility index (Phi) is 20.8. The quantitative estimate of drug-likeness (QED) is 0.0942. The van der Waals surface area contributed by atoms with Crippen LogP contribution in [0.3, 0.4) is 0 Å². The van der Waals surface area contributed by atoms with E-state index in [1.54, 1.807) is 77.0 Å². The Hall–Kier alpha value is -6.21. The van der Waals surface area contributed by atoms with Crippen LogP contribution in [0.15, 0.2) is 159 Å². The maximum atomic E-state index is 13.3. The molecule has 0 amide bonds. The molecule has 11 aromatic heterocycles. The third kappa shape index (κ3) is 13.4. The van der Waals surface area contributed by atoms with Crippen LogP contribution in [0.1, 0.15) is 0 Å². The number of pyridine rings is 7. The standard InChI is InChI=1S/C11H7NOS.2C10H6F2N2O.2C10H6N2OS.3Al.2Zn.3H/c13-7-3-1-4-8-10(7)11-9(14-8)5-2-6-12-11;11-6-4-7(12)9(8(15)5-6)10-13-2-1-3-14-10;11-8-5-7(15)9(10(12)14-8)6-3-1-2-4-13-6;13-10-8-6(3-5-12-10)14-7-2-1-4-11-9(7)8;13-6-4-11-5-8-9(6)10-7(14-8)2-1-3-12-10;;;;;;;;/h1-6,13H;1-5,15H;1-5H,(H,14,15);1-5H,(H,12,13);1-5,13H;;;;;;;;/q;;;;;3*+1;;;;;/p-3. The van der Waals surface area contributed by atoms with E-state index in [0.717, 1.165) is 61.0 Å². The molecule has 0 spiro atoms. The fourth-order valence-corrected chi connectivity index (χ4v) is 11.3. The molecule has 0 aliphatic rings. The van der Waals surface area contributed by atoms with Gasteiger partial charge in [0.15, 0.2) is 11.7 Å². The molecule has 2 N–H and O–H groups in total. The van der Waals surface area contributed by atoms with E-state index in [1.165, 1.54) is 98.0 Å². The molecule has 0 saturated heterocycles. The fourth-order valence-electron chi connectivity index (χ4n) is 7.40. The summed E-state index contributed by atoms with van der Waals surface area (Å²) < 4.78 is 74.9. The van der Waals surface area contributed by atoms with Gasteiger partial charge in [-0.25, -0.2) is 23.7 Å². The summed E-state index contributed by atoms with van der Waals surface area (Å²) >= 11 is 9.55. The second kappa shape index (κ2) is 27.4. The summed E-state index contributed by atoms with van der Waals surface area (Å²) in [4.78, 5) is 35.9. The van der Waals surface area contributed by atoms with Crippen LogP contribution in [0.2, 0.25) is 0 Å². The van der Waals surface area contributed by atoms with Gasteiger partial charge in [0.25, 0.3) is 0 Å². The van der Waals surface area contributed by atoms with Crippen molar-refractivity contribution in [1.82, 2.24) is 44.9 Å². The molecule has 0 atom stereocenters. The fraction of sp³-hybridized carbons (Fsp3) is 0. The molecule has 14 nitrogen and oxygen atoms in total. The van der Waals surface area contributed by atoms with E-state index in [0.29, 0.717) is 11.9 Å². The predicted octanol–water partition coefficient (Wildman–Crippen LogP) is 11.0. The maximum Gasteiger partial charge on any atom is 0.495 e. The molecular weight excluding hydrogens is 1200 g/mol. The second-order valence-corrected chi connectivity index (χ2v) is 19.2. The van der Waals surface area contributed by atoms with Crippen LogP contribution in [0.4, 0.5) is 17.6 Å². The normalized spacial score (nSPS) is 10.4. The number of aromatic hydroxyl groups is 2. The number of thiophene rings is 3. The minimum absolute atomic E-state index is 0. The summed E-state index contributed by atoms with van der Waals surface area (Å²) in [5.41, 5.74) is 2.84. The summed E-state index contributed by atoms with van der Waals surface area (Å²) in [5, 5.41) is 22.0.